The number of aromatic nitrogens is 4. The molecule has 0 radical (unpaired) electrons. The average molecular weight is 649 g/mol. The number of aliphatic carboxylic acids is 1. The summed E-state index contributed by atoms with van der Waals surface area (Å²) in [5.74, 6) is -4.76. The zero-order valence-electron chi connectivity index (χ0n) is 21.8. The fourth-order valence-electron chi connectivity index (χ4n) is 3.54. The van der Waals surface area contributed by atoms with Crippen LogP contribution in [0.2, 0.25) is 0 Å². The van der Waals surface area contributed by atoms with E-state index < -0.39 is 52.3 Å². The van der Waals surface area contributed by atoms with Crippen molar-refractivity contribution in [1.82, 2.24) is 24.2 Å². The minimum atomic E-state index is -4.78. The van der Waals surface area contributed by atoms with Gasteiger partial charge in [0, 0.05) is 17.3 Å². The Morgan fingerprint density at radius 1 is 0.955 bits per heavy atom. The number of hydrogen-bond donors (Lipinski definition) is 3. The maximum atomic E-state index is 13.4. The van der Waals surface area contributed by atoms with Crippen LogP contribution in [0.1, 0.15) is 35.4 Å². The van der Waals surface area contributed by atoms with Crippen LogP contribution in [-0.2, 0) is 21.0 Å². The van der Waals surface area contributed by atoms with Crippen molar-refractivity contribution in [2.45, 2.75) is 42.6 Å². The molecule has 44 heavy (non-hydrogen) atoms. The lowest BCUT2D eigenvalue weighted by molar-refractivity contribution is -0.166. The number of imidazole rings is 1. The molecular formula is C25H19F7N6O5S. The SMILES string of the molecule is O=C(NS(=O)(=O)c1ccc(F)cc1)c1ccc(-n2cnc3c(NC4CC4)nc(C(F)(F)F)nc32)cc1.O=C(O)CC(F)(F)F. The topological polar surface area (TPSA) is 156 Å². The zero-order chi connectivity index (χ0) is 32.4. The summed E-state index contributed by atoms with van der Waals surface area (Å²) in [5.41, 5.74) is 0.369. The number of benzene rings is 2. The first-order valence-electron chi connectivity index (χ1n) is 12.2. The van der Waals surface area contributed by atoms with E-state index in [-0.39, 0.29) is 33.5 Å². The van der Waals surface area contributed by atoms with E-state index in [2.05, 4.69) is 20.3 Å². The first-order valence-corrected chi connectivity index (χ1v) is 13.7. The van der Waals surface area contributed by atoms with Crippen LogP contribution in [0.4, 0.5) is 36.6 Å². The van der Waals surface area contributed by atoms with Crippen LogP contribution in [0.25, 0.3) is 16.9 Å². The molecule has 11 nitrogen and oxygen atoms in total. The third-order valence-electron chi connectivity index (χ3n) is 5.68. The first kappa shape index (κ1) is 32.1. The number of fused-ring (bicyclic) bond motifs is 1. The average Bonchev–Trinajstić information content (AvgIpc) is 3.62. The molecule has 0 spiro atoms. The van der Waals surface area contributed by atoms with E-state index >= 15 is 0 Å². The van der Waals surface area contributed by atoms with Gasteiger partial charge in [0.25, 0.3) is 15.9 Å². The van der Waals surface area contributed by atoms with Crippen LogP contribution in [-0.4, -0.2) is 57.1 Å². The number of carbonyl (C=O) groups is 2. The van der Waals surface area contributed by atoms with E-state index in [1.54, 1.807) is 0 Å². The van der Waals surface area contributed by atoms with Gasteiger partial charge in [-0.25, -0.2) is 32.5 Å². The molecule has 3 N–H and O–H groups in total. The lowest BCUT2D eigenvalue weighted by atomic mass is 10.2. The predicted molar refractivity (Wildman–Crippen MR) is 138 cm³/mol. The summed E-state index contributed by atoms with van der Waals surface area (Å²) in [7, 11) is -4.25. The first-order chi connectivity index (χ1) is 20.4. The normalized spacial score (nSPS) is 13.6. The Hall–Kier alpha value is -4.81. The Balaban J connectivity index is 0.000000488. The van der Waals surface area contributed by atoms with Crippen LogP contribution in [0.3, 0.4) is 0 Å². The lowest BCUT2D eigenvalue weighted by Crippen LogP contribution is -2.30. The van der Waals surface area contributed by atoms with E-state index in [1.807, 2.05) is 4.72 Å². The number of alkyl halides is 6. The third kappa shape index (κ3) is 8.17. The Morgan fingerprint density at radius 2 is 1.57 bits per heavy atom. The van der Waals surface area contributed by atoms with Gasteiger partial charge >= 0.3 is 18.3 Å². The Bertz CT molecular complexity index is 1790. The van der Waals surface area contributed by atoms with Crippen molar-refractivity contribution in [3.63, 3.8) is 0 Å². The Morgan fingerprint density at radius 3 is 2.07 bits per heavy atom. The highest BCUT2D eigenvalue weighted by molar-refractivity contribution is 7.90. The maximum absolute atomic E-state index is 13.4. The molecule has 234 valence electrons. The lowest BCUT2D eigenvalue weighted by Gasteiger charge is -2.11. The summed E-state index contributed by atoms with van der Waals surface area (Å²) in [6.45, 7) is 0. The van der Waals surface area contributed by atoms with Crippen LogP contribution in [0, 0.1) is 5.82 Å². The number of carboxylic acid groups (broad SMARTS) is 1. The second kappa shape index (κ2) is 12.1. The van der Waals surface area contributed by atoms with Crippen molar-refractivity contribution in [3.8, 4) is 5.69 Å². The fourth-order valence-corrected chi connectivity index (χ4v) is 4.51. The fraction of sp³-hybridized carbons (Fsp3) is 0.240. The highest BCUT2D eigenvalue weighted by Gasteiger charge is 2.37. The predicted octanol–water partition coefficient (Wildman–Crippen LogP) is 4.69. The quantitative estimate of drug-likeness (QED) is 0.242. The van der Waals surface area contributed by atoms with Crippen LogP contribution < -0.4 is 10.0 Å². The molecule has 2 aromatic heterocycles. The van der Waals surface area contributed by atoms with E-state index in [0.717, 1.165) is 37.1 Å². The molecule has 0 saturated heterocycles. The van der Waals surface area contributed by atoms with Gasteiger partial charge < -0.3 is 10.4 Å². The van der Waals surface area contributed by atoms with Crippen molar-refractivity contribution >= 4 is 38.9 Å². The Labute approximate surface area is 242 Å². The largest absolute Gasteiger partial charge is 0.481 e. The van der Waals surface area contributed by atoms with Gasteiger partial charge in [-0.05, 0) is 61.4 Å². The van der Waals surface area contributed by atoms with Gasteiger partial charge in [-0.3, -0.25) is 14.2 Å². The molecular weight excluding hydrogens is 629 g/mol. The minimum Gasteiger partial charge on any atom is -0.481 e. The van der Waals surface area contributed by atoms with Gasteiger partial charge in [0.05, 0.1) is 4.90 Å². The van der Waals surface area contributed by atoms with Crippen molar-refractivity contribution in [3.05, 3.63) is 72.1 Å². The van der Waals surface area contributed by atoms with Crippen LogP contribution in [0.15, 0.2) is 59.8 Å². The van der Waals surface area contributed by atoms with E-state index in [4.69, 9.17) is 5.11 Å². The number of carbonyl (C=O) groups excluding carboxylic acids is 1. The van der Waals surface area contributed by atoms with Gasteiger partial charge in [0.15, 0.2) is 17.0 Å². The van der Waals surface area contributed by atoms with Crippen molar-refractivity contribution in [2.24, 2.45) is 0 Å². The zero-order valence-corrected chi connectivity index (χ0v) is 22.6. The third-order valence-corrected chi connectivity index (χ3v) is 7.03. The second-order valence-corrected chi connectivity index (χ2v) is 10.9. The molecule has 1 aliphatic carbocycles. The Kier molecular flexibility index (Phi) is 8.80. The highest BCUT2D eigenvalue weighted by atomic mass is 32.2. The van der Waals surface area contributed by atoms with Crippen molar-refractivity contribution in [2.75, 3.05) is 5.32 Å². The molecule has 2 heterocycles. The molecule has 2 aromatic carbocycles. The number of amides is 1. The van der Waals surface area contributed by atoms with Gasteiger partial charge in [-0.15, -0.1) is 0 Å². The molecule has 19 heteroatoms. The summed E-state index contributed by atoms with van der Waals surface area (Å²) < 4.78 is 114. The minimum absolute atomic E-state index is 0.0180. The number of nitrogens with zero attached hydrogens (tertiary/aromatic N) is 4. The monoisotopic (exact) mass is 648 g/mol. The number of sulfonamides is 1. The standard InChI is InChI=1S/C22H16F4N6O3S.C3H3F3O2/c23-13-3-9-16(10-4-13)36(34,35)31-20(33)12-1-7-15(8-2-12)32-11-27-17-18(28-14-5-6-14)29-21(22(24,25)26)30-19(17)32;4-3(5,6)1-2(7)8/h1-4,7-11,14H,5-6H2,(H,31,33)(H,28,29,30);1H2,(H,7,8). The summed E-state index contributed by atoms with van der Waals surface area (Å²) in [6.07, 6.45) is -8.20. The molecule has 5 rings (SSSR count). The molecule has 0 atom stereocenters. The number of anilines is 1. The molecule has 0 bridgehead atoms. The van der Waals surface area contributed by atoms with Crippen LogP contribution in [0.5, 0.6) is 0 Å². The van der Waals surface area contributed by atoms with Crippen molar-refractivity contribution < 1.29 is 53.8 Å². The number of nitrogens with one attached hydrogen (secondary N) is 2. The van der Waals surface area contributed by atoms with Gasteiger partial charge in [-0.1, -0.05) is 0 Å². The number of carboxylic acids is 1. The number of hydrogen-bond acceptors (Lipinski definition) is 8. The molecule has 0 aliphatic heterocycles. The molecule has 1 saturated carbocycles. The van der Waals surface area contributed by atoms with E-state index in [9.17, 15) is 48.7 Å². The molecule has 0 unspecified atom stereocenters. The maximum Gasteiger partial charge on any atom is 0.451 e. The number of halogens is 7. The van der Waals surface area contributed by atoms with Crippen molar-refractivity contribution in [1.29, 1.82) is 0 Å². The van der Waals surface area contributed by atoms with Gasteiger partial charge in [0.2, 0.25) is 5.82 Å². The van der Waals surface area contributed by atoms with Gasteiger partial charge in [0.1, 0.15) is 18.6 Å². The van der Waals surface area contributed by atoms with Crippen LogP contribution >= 0.6 is 0 Å². The van der Waals surface area contributed by atoms with E-state index in [0.29, 0.717) is 5.69 Å². The molecule has 1 fully saturated rings. The highest BCUT2D eigenvalue weighted by Crippen LogP contribution is 2.33. The molecule has 1 amide bonds. The molecule has 4 aromatic rings. The smallest absolute Gasteiger partial charge is 0.451 e. The van der Waals surface area contributed by atoms with E-state index in [1.165, 1.54) is 35.2 Å². The number of rotatable bonds is 7. The second-order valence-electron chi connectivity index (χ2n) is 9.22. The summed E-state index contributed by atoms with van der Waals surface area (Å²) in [5, 5.41) is 10.5. The van der Waals surface area contributed by atoms with Gasteiger partial charge in [-0.2, -0.15) is 26.3 Å². The summed E-state index contributed by atoms with van der Waals surface area (Å²) in [4.78, 5) is 32.9. The summed E-state index contributed by atoms with van der Waals surface area (Å²) in [6, 6.07) is 9.36. The summed E-state index contributed by atoms with van der Waals surface area (Å²) >= 11 is 0. The molecule has 1 aliphatic rings.